The Kier molecular flexibility index (Phi) is 9.48. The molecule has 146 valence electrons. The van der Waals surface area contributed by atoms with Crippen LogP contribution in [0.15, 0.2) is 41.3 Å². The summed E-state index contributed by atoms with van der Waals surface area (Å²) in [6.07, 6.45) is 0. The van der Waals surface area contributed by atoms with Crippen LogP contribution in [0.25, 0.3) is 0 Å². The van der Waals surface area contributed by atoms with E-state index in [0.717, 1.165) is 22.0 Å². The van der Waals surface area contributed by atoms with Gasteiger partial charge in [-0.05, 0) is 35.9 Å². The van der Waals surface area contributed by atoms with Crippen LogP contribution in [0, 0.1) is 0 Å². The molecule has 2 rings (SSSR count). The average molecular weight is 446 g/mol. The fraction of sp³-hybridized carbons (Fsp3) is 0.316. The number of methoxy groups -OCH3 is 2. The summed E-state index contributed by atoms with van der Waals surface area (Å²) in [5.74, 6) is 3.27. The van der Waals surface area contributed by atoms with E-state index in [2.05, 4.69) is 5.32 Å². The molecule has 1 amide bonds. The number of rotatable bonds is 10. The van der Waals surface area contributed by atoms with E-state index in [1.165, 1.54) is 11.8 Å². The number of carbonyl (C=O) groups is 1. The van der Waals surface area contributed by atoms with Crippen molar-refractivity contribution >= 4 is 52.6 Å². The van der Waals surface area contributed by atoms with Crippen molar-refractivity contribution in [2.75, 3.05) is 32.3 Å². The lowest BCUT2D eigenvalue weighted by molar-refractivity contribution is -0.118. The number of amides is 1. The van der Waals surface area contributed by atoms with Crippen molar-refractivity contribution in [2.45, 2.75) is 10.6 Å². The van der Waals surface area contributed by atoms with Crippen LogP contribution in [0.1, 0.15) is 5.56 Å². The molecule has 8 heteroatoms. The van der Waals surface area contributed by atoms with E-state index in [-0.39, 0.29) is 5.91 Å². The van der Waals surface area contributed by atoms with Gasteiger partial charge in [-0.15, -0.1) is 11.8 Å². The molecule has 2 aromatic rings. The fourth-order valence-corrected chi connectivity index (χ4v) is 4.36. The van der Waals surface area contributed by atoms with Gasteiger partial charge in [-0.1, -0.05) is 29.3 Å². The van der Waals surface area contributed by atoms with Gasteiger partial charge in [-0.2, -0.15) is 11.8 Å². The summed E-state index contributed by atoms with van der Waals surface area (Å²) in [6.45, 7) is 0.612. The molecule has 0 spiro atoms. The molecule has 0 saturated heterocycles. The van der Waals surface area contributed by atoms with E-state index in [9.17, 15) is 4.79 Å². The van der Waals surface area contributed by atoms with Crippen LogP contribution in [-0.4, -0.2) is 38.2 Å². The van der Waals surface area contributed by atoms with E-state index in [0.29, 0.717) is 33.8 Å². The maximum atomic E-state index is 12.0. The molecule has 4 nitrogen and oxygen atoms in total. The molecular formula is C19H21Cl2NO3S2. The molecule has 0 heterocycles. The number of hydrogen-bond donors (Lipinski definition) is 1. The third kappa shape index (κ3) is 7.37. The Bertz CT molecular complexity index is 775. The topological polar surface area (TPSA) is 47.6 Å². The van der Waals surface area contributed by atoms with Gasteiger partial charge in [0.15, 0.2) is 11.5 Å². The van der Waals surface area contributed by atoms with Crippen molar-refractivity contribution < 1.29 is 14.3 Å². The van der Waals surface area contributed by atoms with Crippen LogP contribution in [-0.2, 0) is 10.5 Å². The maximum Gasteiger partial charge on any atom is 0.230 e. The number of carbonyl (C=O) groups excluding carboxylic acids is 1. The molecule has 0 saturated carbocycles. The molecule has 0 fully saturated rings. The number of nitrogens with one attached hydrogen (secondary N) is 1. The minimum absolute atomic E-state index is 0.0000831. The van der Waals surface area contributed by atoms with Gasteiger partial charge in [0, 0.05) is 33.0 Å². The van der Waals surface area contributed by atoms with Crippen molar-refractivity contribution in [1.29, 1.82) is 0 Å². The third-order valence-electron chi connectivity index (χ3n) is 3.57. The molecule has 2 aromatic carbocycles. The Labute approximate surface area is 178 Å². The first-order chi connectivity index (χ1) is 13.0. The maximum absolute atomic E-state index is 12.0. The Balaban J connectivity index is 1.66. The normalized spacial score (nSPS) is 10.5. The van der Waals surface area contributed by atoms with Gasteiger partial charge in [-0.25, -0.2) is 0 Å². The number of thioether (sulfide) groups is 2. The Morgan fingerprint density at radius 3 is 2.56 bits per heavy atom. The molecule has 0 aromatic heterocycles. The summed E-state index contributed by atoms with van der Waals surface area (Å²) >= 11 is 15.2. The summed E-state index contributed by atoms with van der Waals surface area (Å²) in [7, 11) is 3.19. The van der Waals surface area contributed by atoms with Gasteiger partial charge >= 0.3 is 0 Å². The predicted octanol–water partition coefficient (Wildman–Crippen LogP) is 5.15. The highest BCUT2D eigenvalue weighted by molar-refractivity contribution is 8.00. The lowest BCUT2D eigenvalue weighted by Gasteiger charge is -2.09. The van der Waals surface area contributed by atoms with Gasteiger partial charge < -0.3 is 14.8 Å². The molecule has 0 unspecified atom stereocenters. The third-order valence-corrected chi connectivity index (χ3v) is 6.15. The second-order valence-corrected chi connectivity index (χ2v) is 8.44. The van der Waals surface area contributed by atoms with Crippen LogP contribution in [0.4, 0.5) is 0 Å². The minimum Gasteiger partial charge on any atom is -0.493 e. The summed E-state index contributed by atoms with van der Waals surface area (Å²) < 4.78 is 10.5. The van der Waals surface area contributed by atoms with Gasteiger partial charge in [0.1, 0.15) is 0 Å². The standard InChI is InChI=1S/C19H21Cl2NO3S2/c1-24-17-6-5-15(10-18(17)25-2)27-12-19(23)22-7-8-26-11-13-3-4-14(20)9-16(13)21/h3-6,9-10H,7-8,11-12H2,1-2H3,(H,22,23). The summed E-state index contributed by atoms with van der Waals surface area (Å²) in [5.41, 5.74) is 1.04. The Morgan fingerprint density at radius 1 is 1.07 bits per heavy atom. The smallest absolute Gasteiger partial charge is 0.230 e. The summed E-state index contributed by atoms with van der Waals surface area (Å²) in [4.78, 5) is 12.9. The van der Waals surface area contributed by atoms with Crippen molar-refractivity contribution in [3.05, 3.63) is 52.0 Å². The van der Waals surface area contributed by atoms with E-state index >= 15 is 0 Å². The van der Waals surface area contributed by atoms with Crippen molar-refractivity contribution in [1.82, 2.24) is 5.32 Å². The molecule has 0 aliphatic carbocycles. The highest BCUT2D eigenvalue weighted by atomic mass is 35.5. The molecule has 27 heavy (non-hydrogen) atoms. The first kappa shape index (κ1) is 22.1. The Morgan fingerprint density at radius 2 is 1.85 bits per heavy atom. The van der Waals surface area contributed by atoms with Gasteiger partial charge in [-0.3, -0.25) is 4.79 Å². The molecular weight excluding hydrogens is 425 g/mol. The van der Waals surface area contributed by atoms with Crippen molar-refractivity contribution in [3.63, 3.8) is 0 Å². The molecule has 1 N–H and O–H groups in total. The zero-order valence-electron chi connectivity index (χ0n) is 15.1. The number of halogens is 2. The van der Waals surface area contributed by atoms with Crippen LogP contribution in [0.3, 0.4) is 0 Å². The van der Waals surface area contributed by atoms with Gasteiger partial charge in [0.25, 0.3) is 0 Å². The zero-order valence-corrected chi connectivity index (χ0v) is 18.2. The highest BCUT2D eigenvalue weighted by Gasteiger charge is 2.07. The Hall–Kier alpha value is -1.21. The molecule has 0 radical (unpaired) electrons. The fourth-order valence-electron chi connectivity index (χ4n) is 2.19. The molecule has 0 aliphatic heterocycles. The second kappa shape index (κ2) is 11.6. The van der Waals surface area contributed by atoms with E-state index in [1.807, 2.05) is 30.3 Å². The quantitative estimate of drug-likeness (QED) is 0.404. The highest BCUT2D eigenvalue weighted by Crippen LogP contribution is 2.31. The minimum atomic E-state index is -0.0000831. The van der Waals surface area contributed by atoms with E-state index < -0.39 is 0 Å². The van der Waals surface area contributed by atoms with Crippen LogP contribution in [0.5, 0.6) is 11.5 Å². The molecule has 0 aliphatic rings. The summed E-state index contributed by atoms with van der Waals surface area (Å²) in [5, 5.41) is 4.23. The zero-order chi connectivity index (χ0) is 19.6. The number of ether oxygens (including phenoxy) is 2. The predicted molar refractivity (Wildman–Crippen MR) is 116 cm³/mol. The van der Waals surface area contributed by atoms with Crippen molar-refractivity contribution in [3.8, 4) is 11.5 Å². The van der Waals surface area contributed by atoms with Crippen LogP contribution < -0.4 is 14.8 Å². The second-order valence-electron chi connectivity index (χ2n) is 5.44. The largest absolute Gasteiger partial charge is 0.493 e. The molecule has 0 bridgehead atoms. The van der Waals surface area contributed by atoms with Crippen LogP contribution in [0.2, 0.25) is 10.0 Å². The number of benzene rings is 2. The van der Waals surface area contributed by atoms with Crippen LogP contribution >= 0.6 is 46.7 Å². The van der Waals surface area contributed by atoms with Gasteiger partial charge in [0.05, 0.1) is 20.0 Å². The van der Waals surface area contributed by atoms with Crippen molar-refractivity contribution in [2.24, 2.45) is 0 Å². The number of hydrogen-bond acceptors (Lipinski definition) is 5. The first-order valence-corrected chi connectivity index (χ1v) is 11.1. The lowest BCUT2D eigenvalue weighted by atomic mass is 10.2. The molecule has 0 atom stereocenters. The summed E-state index contributed by atoms with van der Waals surface area (Å²) in [6, 6.07) is 11.1. The van der Waals surface area contributed by atoms with E-state index in [4.69, 9.17) is 32.7 Å². The SMILES string of the molecule is COc1ccc(SCC(=O)NCCSCc2ccc(Cl)cc2Cl)cc1OC. The van der Waals surface area contributed by atoms with Gasteiger partial charge in [0.2, 0.25) is 5.91 Å². The first-order valence-electron chi connectivity index (χ1n) is 8.16. The lowest BCUT2D eigenvalue weighted by Crippen LogP contribution is -2.27. The van der Waals surface area contributed by atoms with E-state index in [1.54, 1.807) is 32.0 Å². The average Bonchev–Trinajstić information content (AvgIpc) is 2.67. The monoisotopic (exact) mass is 445 g/mol.